The minimum Gasteiger partial charge on any atom is -0.381 e. The number of aromatic nitrogens is 2. The maximum absolute atomic E-state index is 9.23. The Morgan fingerprint density at radius 2 is 2.33 bits per heavy atom. The molecule has 2 rings (SSSR count). The van der Waals surface area contributed by atoms with Gasteiger partial charge >= 0.3 is 0 Å². The Morgan fingerprint density at radius 1 is 1.60 bits per heavy atom. The molecule has 80 valence electrons. The summed E-state index contributed by atoms with van der Waals surface area (Å²) in [6.07, 6.45) is 5.56. The highest BCUT2D eigenvalue weighted by Gasteiger charge is 2.27. The van der Waals surface area contributed by atoms with Crippen LogP contribution in [0.5, 0.6) is 0 Å². The van der Waals surface area contributed by atoms with Gasteiger partial charge in [0.15, 0.2) is 0 Å². The molecule has 0 spiro atoms. The van der Waals surface area contributed by atoms with Crippen molar-refractivity contribution in [1.82, 2.24) is 9.55 Å². The van der Waals surface area contributed by atoms with Gasteiger partial charge in [-0.1, -0.05) is 0 Å². The van der Waals surface area contributed by atoms with Gasteiger partial charge in [-0.25, -0.2) is 4.98 Å². The molecule has 0 N–H and O–H groups in total. The van der Waals surface area contributed by atoms with E-state index in [-0.39, 0.29) is 5.92 Å². The highest BCUT2D eigenvalue weighted by molar-refractivity contribution is 5.12. The lowest BCUT2D eigenvalue weighted by atomic mass is 9.86. The van der Waals surface area contributed by atoms with Crippen molar-refractivity contribution in [3.05, 3.63) is 18.2 Å². The summed E-state index contributed by atoms with van der Waals surface area (Å²) in [5.41, 5.74) is 0. The second kappa shape index (κ2) is 4.45. The smallest absolute Gasteiger partial charge is 0.126 e. The minimum atomic E-state index is -0.0890. The molecule has 1 saturated heterocycles. The van der Waals surface area contributed by atoms with Crippen LogP contribution < -0.4 is 0 Å². The van der Waals surface area contributed by atoms with Crippen LogP contribution in [0.15, 0.2) is 12.4 Å². The van der Waals surface area contributed by atoms with E-state index in [9.17, 15) is 5.26 Å². The molecular weight excluding hydrogens is 190 g/mol. The minimum absolute atomic E-state index is 0.0890. The van der Waals surface area contributed by atoms with Gasteiger partial charge < -0.3 is 9.30 Å². The zero-order chi connectivity index (χ0) is 10.7. The number of nitriles is 1. The van der Waals surface area contributed by atoms with Gasteiger partial charge in [0, 0.05) is 32.7 Å². The van der Waals surface area contributed by atoms with E-state index in [0.29, 0.717) is 5.92 Å². The normalized spacial score (nSPS) is 19.7. The number of aryl methyl sites for hydroxylation is 1. The van der Waals surface area contributed by atoms with Crippen LogP contribution in [0.2, 0.25) is 0 Å². The molecule has 4 nitrogen and oxygen atoms in total. The first-order valence-corrected chi connectivity index (χ1v) is 5.27. The van der Waals surface area contributed by atoms with Crippen molar-refractivity contribution in [2.75, 3.05) is 13.2 Å². The fraction of sp³-hybridized carbons (Fsp3) is 0.636. The van der Waals surface area contributed by atoms with E-state index < -0.39 is 0 Å². The molecule has 1 aliphatic heterocycles. The molecule has 15 heavy (non-hydrogen) atoms. The second-order valence-corrected chi connectivity index (χ2v) is 3.95. The summed E-state index contributed by atoms with van der Waals surface area (Å²) in [5, 5.41) is 9.23. The Hall–Kier alpha value is -1.34. The van der Waals surface area contributed by atoms with Crippen molar-refractivity contribution < 1.29 is 4.74 Å². The number of hydrogen-bond donors (Lipinski definition) is 0. The van der Waals surface area contributed by atoms with Crippen LogP contribution in [-0.4, -0.2) is 22.8 Å². The van der Waals surface area contributed by atoms with Gasteiger partial charge in [-0.05, 0) is 18.8 Å². The summed E-state index contributed by atoms with van der Waals surface area (Å²) < 4.78 is 7.24. The van der Waals surface area contributed by atoms with Gasteiger partial charge in [0.2, 0.25) is 0 Å². The summed E-state index contributed by atoms with van der Waals surface area (Å²) in [5.74, 6) is 1.18. The number of rotatable bonds is 2. The quantitative estimate of drug-likeness (QED) is 0.734. The molecule has 1 aromatic heterocycles. The summed E-state index contributed by atoms with van der Waals surface area (Å²) in [6.45, 7) is 1.54. The summed E-state index contributed by atoms with van der Waals surface area (Å²) in [4.78, 5) is 4.26. The van der Waals surface area contributed by atoms with Gasteiger partial charge in [0.05, 0.1) is 6.07 Å². The van der Waals surface area contributed by atoms with Gasteiger partial charge in [-0.2, -0.15) is 5.26 Å². The molecule has 0 aliphatic carbocycles. The first-order valence-electron chi connectivity index (χ1n) is 5.27. The maximum atomic E-state index is 9.23. The third-order valence-corrected chi connectivity index (χ3v) is 3.01. The highest BCUT2D eigenvalue weighted by Crippen LogP contribution is 2.30. The lowest BCUT2D eigenvalue weighted by Crippen LogP contribution is -2.23. The van der Waals surface area contributed by atoms with Crippen molar-refractivity contribution in [2.24, 2.45) is 13.0 Å². The standard InChI is InChI=1S/C11H15N3O/c1-14-5-4-13-11(14)10(8-12)9-2-6-15-7-3-9/h4-5,9-10H,2-3,6-7H2,1H3. The number of nitrogens with zero attached hydrogens (tertiary/aromatic N) is 3. The molecule has 1 aliphatic rings. The van der Waals surface area contributed by atoms with E-state index in [2.05, 4.69) is 11.1 Å². The van der Waals surface area contributed by atoms with Crippen molar-refractivity contribution in [3.8, 4) is 6.07 Å². The van der Waals surface area contributed by atoms with Crippen molar-refractivity contribution in [1.29, 1.82) is 5.26 Å². The Labute approximate surface area is 89.5 Å². The molecule has 0 bridgehead atoms. The van der Waals surface area contributed by atoms with E-state index >= 15 is 0 Å². The Bertz CT molecular complexity index is 360. The molecule has 0 aromatic carbocycles. The monoisotopic (exact) mass is 205 g/mol. The highest BCUT2D eigenvalue weighted by atomic mass is 16.5. The van der Waals surface area contributed by atoms with Gasteiger partial charge in [-0.3, -0.25) is 0 Å². The van der Waals surface area contributed by atoms with E-state index in [4.69, 9.17) is 4.74 Å². The third-order valence-electron chi connectivity index (χ3n) is 3.01. The number of imidazole rings is 1. The first kappa shape index (κ1) is 10.2. The molecule has 1 aromatic rings. The SMILES string of the molecule is Cn1ccnc1C(C#N)C1CCOCC1. The topological polar surface area (TPSA) is 50.8 Å². The van der Waals surface area contributed by atoms with Crippen LogP contribution in [-0.2, 0) is 11.8 Å². The molecule has 0 amide bonds. The van der Waals surface area contributed by atoms with Crippen LogP contribution in [0.25, 0.3) is 0 Å². The molecule has 1 fully saturated rings. The van der Waals surface area contributed by atoms with E-state index in [1.165, 1.54) is 0 Å². The average Bonchev–Trinajstić information content (AvgIpc) is 2.68. The lowest BCUT2D eigenvalue weighted by Gasteiger charge is -2.25. The zero-order valence-electron chi connectivity index (χ0n) is 8.89. The predicted octanol–water partition coefficient (Wildman–Crippen LogP) is 1.45. The van der Waals surface area contributed by atoms with Gasteiger partial charge in [-0.15, -0.1) is 0 Å². The van der Waals surface area contributed by atoms with Crippen LogP contribution in [0, 0.1) is 17.2 Å². The van der Waals surface area contributed by atoms with Crippen molar-refractivity contribution in [2.45, 2.75) is 18.8 Å². The van der Waals surface area contributed by atoms with Gasteiger partial charge in [0.25, 0.3) is 0 Å². The molecular formula is C11H15N3O. The predicted molar refractivity (Wildman–Crippen MR) is 55.1 cm³/mol. The van der Waals surface area contributed by atoms with E-state index in [1.807, 2.05) is 17.8 Å². The average molecular weight is 205 g/mol. The zero-order valence-corrected chi connectivity index (χ0v) is 8.89. The summed E-state index contributed by atoms with van der Waals surface area (Å²) in [7, 11) is 1.94. The second-order valence-electron chi connectivity index (χ2n) is 3.95. The largest absolute Gasteiger partial charge is 0.381 e. The van der Waals surface area contributed by atoms with E-state index in [0.717, 1.165) is 31.9 Å². The molecule has 1 unspecified atom stereocenters. The Kier molecular flexibility index (Phi) is 3.02. The van der Waals surface area contributed by atoms with Crippen LogP contribution in [0.1, 0.15) is 24.6 Å². The summed E-state index contributed by atoms with van der Waals surface area (Å²) >= 11 is 0. The fourth-order valence-electron chi connectivity index (χ4n) is 2.10. The lowest BCUT2D eigenvalue weighted by molar-refractivity contribution is 0.0620. The Balaban J connectivity index is 2.17. The molecule has 4 heteroatoms. The summed E-state index contributed by atoms with van der Waals surface area (Å²) in [6, 6.07) is 2.38. The van der Waals surface area contributed by atoms with Crippen molar-refractivity contribution in [3.63, 3.8) is 0 Å². The van der Waals surface area contributed by atoms with Crippen LogP contribution in [0.4, 0.5) is 0 Å². The number of hydrogen-bond acceptors (Lipinski definition) is 3. The molecule has 2 heterocycles. The molecule has 1 atom stereocenters. The molecule has 0 saturated carbocycles. The van der Waals surface area contributed by atoms with Crippen LogP contribution in [0.3, 0.4) is 0 Å². The Morgan fingerprint density at radius 3 is 2.87 bits per heavy atom. The van der Waals surface area contributed by atoms with Crippen LogP contribution >= 0.6 is 0 Å². The first-order chi connectivity index (χ1) is 7.33. The number of ether oxygens (including phenoxy) is 1. The van der Waals surface area contributed by atoms with Crippen molar-refractivity contribution >= 4 is 0 Å². The fourth-order valence-corrected chi connectivity index (χ4v) is 2.10. The van der Waals surface area contributed by atoms with E-state index in [1.54, 1.807) is 6.20 Å². The van der Waals surface area contributed by atoms with Gasteiger partial charge in [0.1, 0.15) is 11.7 Å². The third kappa shape index (κ3) is 2.02. The molecule has 0 radical (unpaired) electrons. The maximum Gasteiger partial charge on any atom is 0.126 e.